The van der Waals surface area contributed by atoms with Crippen molar-refractivity contribution in [1.29, 1.82) is 0 Å². The van der Waals surface area contributed by atoms with Gasteiger partial charge in [-0.2, -0.15) is 0 Å². The zero-order valence-corrected chi connectivity index (χ0v) is 11.4. The second kappa shape index (κ2) is 4.81. The van der Waals surface area contributed by atoms with Gasteiger partial charge >= 0.3 is 5.97 Å². The summed E-state index contributed by atoms with van der Waals surface area (Å²) in [6.07, 6.45) is 5.09. The van der Waals surface area contributed by atoms with E-state index in [1.165, 1.54) is 23.1 Å². The molecule has 3 aliphatic rings. The largest absolute Gasteiger partial charge is 0.480 e. The van der Waals surface area contributed by atoms with Gasteiger partial charge in [-0.25, -0.2) is 4.79 Å². The highest BCUT2D eigenvalue weighted by atomic mass is 32.2. The first kappa shape index (κ1) is 13.0. The standard InChI is InChI=1S/C13H17NO4S/c15-10(7-4-2-1-3-5-7)9-11(16)14-8(13(17)18)6-19-12(9)14/h7-9,12H,1-6H2,(H,17,18)/t8-,9+,12-/m0/s1. The van der Waals surface area contributed by atoms with Crippen LogP contribution in [0.4, 0.5) is 0 Å². The Labute approximate surface area is 115 Å². The van der Waals surface area contributed by atoms with E-state index >= 15 is 0 Å². The van der Waals surface area contributed by atoms with E-state index in [1.54, 1.807) is 0 Å². The van der Waals surface area contributed by atoms with Gasteiger partial charge in [0, 0.05) is 11.7 Å². The van der Waals surface area contributed by atoms with Gasteiger partial charge in [0.25, 0.3) is 0 Å². The third-order valence-corrected chi connectivity index (χ3v) is 5.79. The third-order valence-electron chi connectivity index (χ3n) is 4.44. The Morgan fingerprint density at radius 3 is 2.53 bits per heavy atom. The van der Waals surface area contributed by atoms with Crippen molar-refractivity contribution >= 4 is 29.4 Å². The van der Waals surface area contributed by atoms with Gasteiger partial charge in [-0.05, 0) is 12.8 Å². The molecule has 1 saturated carbocycles. The number of carbonyl (C=O) groups excluding carboxylic acids is 2. The molecular weight excluding hydrogens is 266 g/mol. The molecule has 2 aliphatic heterocycles. The maximum Gasteiger partial charge on any atom is 0.327 e. The summed E-state index contributed by atoms with van der Waals surface area (Å²) >= 11 is 1.44. The van der Waals surface area contributed by atoms with Crippen molar-refractivity contribution in [1.82, 2.24) is 4.90 Å². The predicted molar refractivity (Wildman–Crippen MR) is 69.6 cm³/mol. The van der Waals surface area contributed by atoms with E-state index in [0.29, 0.717) is 5.75 Å². The van der Waals surface area contributed by atoms with Crippen LogP contribution in [-0.2, 0) is 14.4 Å². The lowest BCUT2D eigenvalue weighted by Gasteiger charge is -2.43. The number of hydrogen-bond donors (Lipinski definition) is 1. The number of thioether (sulfide) groups is 1. The maximum atomic E-state index is 12.4. The number of aliphatic carboxylic acids is 1. The molecule has 104 valence electrons. The zero-order chi connectivity index (χ0) is 13.6. The number of carbonyl (C=O) groups is 3. The highest BCUT2D eigenvalue weighted by molar-refractivity contribution is 8.00. The van der Waals surface area contributed by atoms with Gasteiger partial charge in [-0.3, -0.25) is 9.59 Å². The Kier molecular flexibility index (Phi) is 3.28. The van der Waals surface area contributed by atoms with Gasteiger partial charge in [0.1, 0.15) is 12.0 Å². The highest BCUT2D eigenvalue weighted by Crippen LogP contribution is 2.45. The van der Waals surface area contributed by atoms with Gasteiger partial charge in [-0.15, -0.1) is 11.8 Å². The Morgan fingerprint density at radius 2 is 1.89 bits per heavy atom. The first-order valence-corrected chi connectivity index (χ1v) is 7.86. The normalized spacial score (nSPS) is 34.8. The maximum absolute atomic E-state index is 12.4. The third kappa shape index (κ3) is 1.96. The number of hydrogen-bond acceptors (Lipinski definition) is 4. The Morgan fingerprint density at radius 1 is 1.21 bits per heavy atom. The van der Waals surface area contributed by atoms with Crippen LogP contribution in [0.25, 0.3) is 0 Å². The molecule has 0 unspecified atom stereocenters. The molecule has 19 heavy (non-hydrogen) atoms. The van der Waals surface area contributed by atoms with Crippen molar-refractivity contribution in [3.63, 3.8) is 0 Å². The summed E-state index contributed by atoms with van der Waals surface area (Å²) in [5, 5.41) is 8.82. The molecule has 0 bridgehead atoms. The first-order valence-electron chi connectivity index (χ1n) is 6.81. The molecule has 3 rings (SSSR count). The molecule has 1 amide bonds. The van der Waals surface area contributed by atoms with Crippen LogP contribution in [-0.4, -0.2) is 44.8 Å². The van der Waals surface area contributed by atoms with E-state index in [1.807, 2.05) is 0 Å². The minimum Gasteiger partial charge on any atom is -0.480 e. The van der Waals surface area contributed by atoms with Crippen LogP contribution in [0, 0.1) is 11.8 Å². The summed E-state index contributed by atoms with van der Waals surface area (Å²) in [6, 6.07) is -0.738. The number of fused-ring (bicyclic) bond motifs is 1. The van der Waals surface area contributed by atoms with E-state index < -0.39 is 17.9 Å². The first-order chi connectivity index (χ1) is 9.11. The fourth-order valence-electron chi connectivity index (χ4n) is 3.36. The fraction of sp³-hybridized carbons (Fsp3) is 0.769. The molecule has 2 heterocycles. The van der Waals surface area contributed by atoms with Crippen molar-refractivity contribution in [2.75, 3.05) is 5.75 Å². The molecule has 0 radical (unpaired) electrons. The second-order valence-electron chi connectivity index (χ2n) is 5.54. The number of nitrogens with zero attached hydrogens (tertiary/aromatic N) is 1. The van der Waals surface area contributed by atoms with Gasteiger partial charge in [0.15, 0.2) is 5.78 Å². The predicted octanol–water partition coefficient (Wildman–Crippen LogP) is 1.12. The zero-order valence-electron chi connectivity index (χ0n) is 10.6. The molecule has 3 atom stereocenters. The SMILES string of the molecule is O=C(C1CCCCC1)[C@@H]1C(=O)N2[C@H](C(=O)O)CS[C@@H]12. The molecule has 2 saturated heterocycles. The van der Waals surface area contributed by atoms with Crippen LogP contribution < -0.4 is 0 Å². The van der Waals surface area contributed by atoms with Crippen LogP contribution in [0.2, 0.25) is 0 Å². The van der Waals surface area contributed by atoms with Crippen molar-refractivity contribution in [2.24, 2.45) is 11.8 Å². The smallest absolute Gasteiger partial charge is 0.327 e. The Bertz CT molecular complexity index is 432. The second-order valence-corrected chi connectivity index (χ2v) is 6.69. The minimum atomic E-state index is -0.966. The number of rotatable bonds is 3. The van der Waals surface area contributed by atoms with E-state index in [0.717, 1.165) is 25.7 Å². The molecule has 1 aliphatic carbocycles. The Hall–Kier alpha value is -1.04. The lowest BCUT2D eigenvalue weighted by molar-refractivity contribution is -0.165. The van der Waals surface area contributed by atoms with Crippen LogP contribution in [0.1, 0.15) is 32.1 Å². The summed E-state index contributed by atoms with van der Waals surface area (Å²) in [5.74, 6) is -1.32. The van der Waals surface area contributed by atoms with Gasteiger partial charge in [0.2, 0.25) is 5.91 Å². The van der Waals surface area contributed by atoms with Crippen molar-refractivity contribution in [2.45, 2.75) is 43.5 Å². The minimum absolute atomic E-state index is 0.0225. The monoisotopic (exact) mass is 283 g/mol. The van der Waals surface area contributed by atoms with E-state index in [4.69, 9.17) is 5.11 Å². The summed E-state index contributed by atoms with van der Waals surface area (Å²) in [5.41, 5.74) is 0. The number of carboxylic acids is 1. The van der Waals surface area contributed by atoms with E-state index in [2.05, 4.69) is 0 Å². The topological polar surface area (TPSA) is 74.7 Å². The average Bonchev–Trinajstić information content (AvgIpc) is 2.79. The van der Waals surface area contributed by atoms with Crippen LogP contribution in [0.5, 0.6) is 0 Å². The number of β-lactam (4-membered cyclic amide) rings is 1. The average molecular weight is 283 g/mol. The lowest BCUT2D eigenvalue weighted by atomic mass is 9.78. The number of carboxylic acid groups (broad SMARTS) is 1. The molecule has 1 N–H and O–H groups in total. The summed E-state index contributed by atoms with van der Waals surface area (Å²) in [7, 11) is 0. The summed E-state index contributed by atoms with van der Waals surface area (Å²) in [4.78, 5) is 36.9. The van der Waals surface area contributed by atoms with Gasteiger partial charge < -0.3 is 10.0 Å². The van der Waals surface area contributed by atoms with Crippen molar-refractivity contribution < 1.29 is 19.5 Å². The summed E-state index contributed by atoms with van der Waals surface area (Å²) in [6.45, 7) is 0. The quantitative estimate of drug-likeness (QED) is 0.620. The molecule has 5 nitrogen and oxygen atoms in total. The van der Waals surface area contributed by atoms with Gasteiger partial charge in [-0.1, -0.05) is 19.3 Å². The highest BCUT2D eigenvalue weighted by Gasteiger charge is 2.60. The summed E-state index contributed by atoms with van der Waals surface area (Å²) < 4.78 is 0. The number of ketones is 1. The van der Waals surface area contributed by atoms with Crippen LogP contribution >= 0.6 is 11.8 Å². The van der Waals surface area contributed by atoms with Crippen LogP contribution in [0.15, 0.2) is 0 Å². The molecule has 0 spiro atoms. The molecule has 0 aromatic carbocycles. The van der Waals surface area contributed by atoms with E-state index in [-0.39, 0.29) is 23.0 Å². The fourth-order valence-corrected chi connectivity index (χ4v) is 4.89. The molecule has 3 fully saturated rings. The Balaban J connectivity index is 1.69. The molecule has 0 aromatic heterocycles. The number of Topliss-reactive ketones (excluding diaryl/α,β-unsaturated/α-hetero) is 1. The molecular formula is C13H17NO4S. The van der Waals surface area contributed by atoms with E-state index in [9.17, 15) is 14.4 Å². The lowest BCUT2D eigenvalue weighted by Crippen LogP contribution is -2.64. The number of amides is 1. The molecule has 0 aromatic rings. The van der Waals surface area contributed by atoms with Gasteiger partial charge in [0.05, 0.1) is 5.37 Å². The van der Waals surface area contributed by atoms with Crippen molar-refractivity contribution in [3.05, 3.63) is 0 Å². The van der Waals surface area contributed by atoms with Crippen LogP contribution in [0.3, 0.4) is 0 Å². The van der Waals surface area contributed by atoms with Crippen molar-refractivity contribution in [3.8, 4) is 0 Å². The molecule has 6 heteroatoms.